The molecule has 8 amide bonds. The van der Waals surface area contributed by atoms with E-state index in [9.17, 15) is 23.6 Å². The molecule has 5 aromatic heterocycles. The molecule has 0 unspecified atom stereocenters. The van der Waals surface area contributed by atoms with Gasteiger partial charge in [0.1, 0.15) is 11.5 Å². The normalized spacial score (nSPS) is 26.5. The Labute approximate surface area is 768 Å². The first-order valence-corrected chi connectivity index (χ1v) is 46.3. The van der Waals surface area contributed by atoms with E-state index in [1.54, 1.807) is 77.7 Å². The van der Waals surface area contributed by atoms with Gasteiger partial charge in [-0.25, -0.2) is 63.4 Å². The number of halogens is 1. The molecular formula is C101H124FN23O6. The number of benzene rings is 5. The molecule has 4 N–H and O–H groups in total. The van der Waals surface area contributed by atoms with Gasteiger partial charge in [-0.05, 0) is 231 Å². The molecule has 10 aromatic rings. The van der Waals surface area contributed by atoms with E-state index in [2.05, 4.69) is 273 Å². The van der Waals surface area contributed by atoms with Gasteiger partial charge in [0.25, 0.3) is 0 Å². The number of carbonyl (C=O) groups excluding carboxylic acids is 4. The van der Waals surface area contributed by atoms with Crippen LogP contribution in [-0.2, 0) is 33.4 Å². The Balaban J connectivity index is 0.000000122. The average molecular weight is 1780 g/mol. The molecule has 131 heavy (non-hydrogen) atoms. The maximum Gasteiger partial charge on any atom is 0.322 e. The summed E-state index contributed by atoms with van der Waals surface area (Å²) in [5.41, 5.74) is 9.15. The molecule has 6 aliphatic heterocycles. The van der Waals surface area contributed by atoms with Crippen LogP contribution >= 0.6 is 0 Å². The first-order valence-electron chi connectivity index (χ1n) is 46.3. The first-order chi connectivity index (χ1) is 63.4. The van der Waals surface area contributed by atoms with Crippen molar-refractivity contribution in [3.63, 3.8) is 0 Å². The van der Waals surface area contributed by atoms with Gasteiger partial charge in [-0.2, -0.15) is 0 Å². The predicted octanol–water partition coefficient (Wildman–Crippen LogP) is 13.8. The Hall–Kier alpha value is -12.1. The molecule has 0 atom stereocenters. The van der Waals surface area contributed by atoms with Crippen molar-refractivity contribution in [1.29, 1.82) is 0 Å². The molecule has 4 aliphatic carbocycles. The summed E-state index contributed by atoms with van der Waals surface area (Å²) in [4.78, 5) is 113. The van der Waals surface area contributed by atoms with Crippen LogP contribution in [0.15, 0.2) is 220 Å². The first kappa shape index (κ1) is 90.9. The van der Waals surface area contributed by atoms with Gasteiger partial charge < -0.3 is 50.3 Å². The van der Waals surface area contributed by atoms with E-state index in [1.165, 1.54) is 34.4 Å². The summed E-state index contributed by atoms with van der Waals surface area (Å²) in [7, 11) is 17.4. The third-order valence-electron chi connectivity index (χ3n) is 30.0. The molecule has 4 spiro atoms. The summed E-state index contributed by atoms with van der Waals surface area (Å²) < 4.78 is 24.0. The average Bonchev–Trinajstić information content (AvgIpc) is 1.64. The standard InChI is InChI=1S/C26H28FN5O.2C25H34N6O2.C25H28N6O/c1-31(2)26(20-6-4-3-5-7-20)14-12-25(13-15-26)18-32(24(33)30-25)22-16-28-23(29-17-22)19-8-10-21(27)11-9-19;2*1-29(2)25(16-20-6-4-3-5-7-20)10-8-24(9-11-25)19-31(23(32)28-24)21-17-26-22(27-18-21)30-12-14-33-15-13-30;1-30(2)25(19-8-4-3-5-9-19)13-11-24(12-14-25)18-31(23(32)29-24)20-16-27-22(28-17-20)21-10-6-7-15-26-21/h3-11,16-17H,12-15,18H2,1-2H3,(H,30,33);2*3-7,17-18H,8-16,19H2,1-2H3,(H,28,32);3-10,15-17H,11-14,18H2,1-2H3,(H,29,32). The fourth-order valence-electron chi connectivity index (χ4n) is 21.5. The second-order valence-electron chi connectivity index (χ2n) is 38.3. The van der Waals surface area contributed by atoms with Crippen molar-refractivity contribution in [1.82, 2.24) is 85.7 Å². The van der Waals surface area contributed by atoms with Gasteiger partial charge in [0.05, 0.1) is 147 Å². The minimum atomic E-state index is -0.299. The largest absolute Gasteiger partial charge is 0.378 e. The highest BCUT2D eigenvalue weighted by molar-refractivity contribution is 5.97. The number of hydrogen-bond donors (Lipinski definition) is 4. The second kappa shape index (κ2) is 38.8. The summed E-state index contributed by atoms with van der Waals surface area (Å²) in [5.74, 6) is 2.16. The lowest BCUT2D eigenvalue weighted by Gasteiger charge is -2.48. The molecule has 11 heterocycles. The van der Waals surface area contributed by atoms with Gasteiger partial charge in [0.2, 0.25) is 11.9 Å². The lowest BCUT2D eigenvalue weighted by molar-refractivity contribution is 0.0657. The highest BCUT2D eigenvalue weighted by atomic mass is 19.1. The Bertz CT molecular complexity index is 5300. The van der Waals surface area contributed by atoms with Crippen LogP contribution < -0.4 is 50.7 Å². The van der Waals surface area contributed by atoms with Crippen LogP contribution in [0.5, 0.6) is 0 Å². The number of pyridine rings is 1. The summed E-state index contributed by atoms with van der Waals surface area (Å²) in [6.07, 6.45) is 33.3. The number of amides is 8. The number of rotatable bonds is 18. The van der Waals surface area contributed by atoms with Crippen molar-refractivity contribution in [3.05, 3.63) is 248 Å². The second-order valence-corrected chi connectivity index (χ2v) is 38.3. The van der Waals surface area contributed by atoms with Crippen LogP contribution in [-0.4, -0.2) is 257 Å². The summed E-state index contributed by atoms with van der Waals surface area (Å²) in [6, 6.07) is 54.3. The summed E-state index contributed by atoms with van der Waals surface area (Å²) in [5, 5.41) is 13.2. The molecule has 686 valence electrons. The zero-order valence-corrected chi connectivity index (χ0v) is 76.8. The topological polar surface area (TPSA) is 283 Å². The molecule has 20 rings (SSSR count). The number of morpholine rings is 2. The molecule has 29 nitrogen and oxygen atoms in total. The van der Waals surface area contributed by atoms with E-state index in [1.807, 2.05) is 28.0 Å². The van der Waals surface area contributed by atoms with Crippen LogP contribution in [0, 0.1) is 5.82 Å². The third kappa shape index (κ3) is 19.7. The smallest absolute Gasteiger partial charge is 0.322 e. The number of anilines is 6. The highest BCUT2D eigenvalue weighted by Crippen LogP contribution is 2.50. The molecule has 6 saturated heterocycles. The quantitative estimate of drug-likeness (QED) is 0.0621. The van der Waals surface area contributed by atoms with E-state index in [0.29, 0.717) is 87.5 Å². The maximum atomic E-state index is 13.2. The van der Waals surface area contributed by atoms with Gasteiger partial charge in [0, 0.05) is 60.1 Å². The SMILES string of the molecule is CN(C)C1(Cc2ccccc2)CCC2(CC1)CN(c1cnc(N3CCOCC3)nc1)C(=O)N2.CN(C)C1(Cc2ccccc2)CCC2(CC1)CN(c1cnc(N3CCOCC3)nc1)C(=O)N2.CN(C)C1(c2ccccc2)CCC2(CC1)CN(c1cnc(-c3ccc(F)cc3)nc1)C(=O)N2.CN(C)C1(c2ccccc2)CCC2(CC1)CN(c1cnc(-c3ccccn3)nc1)C(=O)N2. The van der Waals surface area contributed by atoms with Crippen LogP contribution in [0.1, 0.15) is 125 Å². The minimum absolute atomic E-state index is 0.00188. The fraction of sp³-hybridized carbons (Fsp3) is 0.455. The summed E-state index contributed by atoms with van der Waals surface area (Å²) in [6.45, 7) is 8.53. The van der Waals surface area contributed by atoms with Crippen LogP contribution in [0.25, 0.3) is 22.9 Å². The number of nitrogens with zero attached hydrogens (tertiary/aromatic N) is 19. The van der Waals surface area contributed by atoms with Crippen molar-refractivity contribution < 1.29 is 33.0 Å². The van der Waals surface area contributed by atoms with Crippen molar-refractivity contribution in [2.45, 2.75) is 160 Å². The number of hydrogen-bond acceptors (Lipinski definition) is 21. The van der Waals surface area contributed by atoms with Gasteiger partial charge >= 0.3 is 24.1 Å². The number of ether oxygens (including phenoxy) is 2. The van der Waals surface area contributed by atoms with Crippen LogP contribution in [0.4, 0.5) is 58.2 Å². The van der Waals surface area contributed by atoms with Crippen molar-refractivity contribution in [2.24, 2.45) is 0 Å². The Morgan fingerprint density at radius 2 is 0.626 bits per heavy atom. The van der Waals surface area contributed by atoms with E-state index in [4.69, 9.17) is 9.47 Å². The molecule has 0 bridgehead atoms. The van der Waals surface area contributed by atoms with Crippen LogP contribution in [0.3, 0.4) is 0 Å². The van der Waals surface area contributed by atoms with Crippen molar-refractivity contribution in [2.75, 3.05) is 165 Å². The van der Waals surface area contributed by atoms with Crippen molar-refractivity contribution >= 4 is 58.8 Å². The number of urea groups is 4. The van der Waals surface area contributed by atoms with Crippen molar-refractivity contribution in [3.8, 4) is 22.9 Å². The fourth-order valence-corrected chi connectivity index (χ4v) is 21.5. The zero-order chi connectivity index (χ0) is 91.0. The summed E-state index contributed by atoms with van der Waals surface area (Å²) >= 11 is 0. The molecule has 0 radical (unpaired) electrons. The highest BCUT2D eigenvalue weighted by Gasteiger charge is 2.55. The molecule has 10 aliphatic rings. The Morgan fingerprint density at radius 3 is 0.931 bits per heavy atom. The van der Waals surface area contributed by atoms with Crippen LogP contribution in [0.2, 0.25) is 0 Å². The molecule has 4 saturated carbocycles. The lowest BCUT2D eigenvalue weighted by atomic mass is 9.69. The van der Waals surface area contributed by atoms with Gasteiger partial charge in [0.15, 0.2) is 11.6 Å². The molecule has 30 heteroatoms. The molecular weight excluding hydrogens is 1650 g/mol. The Kier molecular flexibility index (Phi) is 26.9. The van der Waals surface area contributed by atoms with E-state index < -0.39 is 0 Å². The third-order valence-corrected chi connectivity index (χ3v) is 30.0. The molecule has 5 aromatic carbocycles. The zero-order valence-electron chi connectivity index (χ0n) is 76.8. The maximum absolute atomic E-state index is 13.2. The monoisotopic (exact) mass is 1770 g/mol. The Morgan fingerprint density at radius 1 is 0.328 bits per heavy atom. The predicted molar refractivity (Wildman–Crippen MR) is 508 cm³/mol. The number of carbonyl (C=O) groups is 4. The number of likely N-dealkylation sites (N-methyl/N-ethyl adjacent to an activating group) is 2. The number of aromatic nitrogens is 9. The van der Waals surface area contributed by atoms with E-state index in [0.717, 1.165) is 164 Å². The lowest BCUT2D eigenvalue weighted by Crippen LogP contribution is -2.56. The van der Waals surface area contributed by atoms with Gasteiger partial charge in [-0.1, -0.05) is 127 Å². The number of nitrogens with one attached hydrogen (secondary N) is 4. The van der Waals surface area contributed by atoms with Gasteiger partial charge in [-0.3, -0.25) is 34.4 Å². The molecule has 10 fully saturated rings. The van der Waals surface area contributed by atoms with E-state index >= 15 is 0 Å². The minimum Gasteiger partial charge on any atom is -0.378 e. The van der Waals surface area contributed by atoms with Gasteiger partial charge in [-0.15, -0.1) is 0 Å². The van der Waals surface area contributed by atoms with E-state index in [-0.39, 0.29) is 74.3 Å².